The van der Waals surface area contributed by atoms with E-state index in [-0.39, 0.29) is 16.9 Å². The smallest absolute Gasteiger partial charge is 0.262 e. The number of rotatable bonds is 3. The van der Waals surface area contributed by atoms with Gasteiger partial charge in [0.25, 0.3) is 5.91 Å². The number of hydrogen-bond donors (Lipinski definition) is 2. The van der Waals surface area contributed by atoms with E-state index in [9.17, 15) is 13.2 Å². The van der Waals surface area contributed by atoms with Gasteiger partial charge in [-0.1, -0.05) is 11.6 Å². The summed E-state index contributed by atoms with van der Waals surface area (Å²) in [7, 11) is -3.79. The van der Waals surface area contributed by atoms with Crippen LogP contribution in [0.5, 0.6) is 0 Å². The molecular formula is C13H15ClN2O4S. The number of nitrogens with one attached hydrogen (secondary N) is 1. The molecule has 1 aromatic carbocycles. The number of fused-ring (bicyclic) bond motifs is 2. The molecule has 1 unspecified atom stereocenters. The van der Waals surface area contributed by atoms with Crippen LogP contribution in [-0.4, -0.2) is 35.9 Å². The van der Waals surface area contributed by atoms with Gasteiger partial charge < -0.3 is 0 Å². The van der Waals surface area contributed by atoms with Gasteiger partial charge in [0.05, 0.1) is 4.90 Å². The Labute approximate surface area is 127 Å². The molecule has 0 aromatic heterocycles. The summed E-state index contributed by atoms with van der Waals surface area (Å²) in [6.07, 6.45) is 2.20. The fraction of sp³-hybridized carbons (Fsp3) is 0.462. The summed E-state index contributed by atoms with van der Waals surface area (Å²) in [6.45, 7) is 0. The van der Waals surface area contributed by atoms with Gasteiger partial charge in [0.15, 0.2) is 0 Å². The van der Waals surface area contributed by atoms with Crippen LogP contribution < -0.4 is 5.48 Å². The van der Waals surface area contributed by atoms with E-state index in [2.05, 4.69) is 0 Å². The average molecular weight is 331 g/mol. The van der Waals surface area contributed by atoms with Crippen molar-refractivity contribution in [2.24, 2.45) is 5.92 Å². The predicted molar refractivity (Wildman–Crippen MR) is 75.3 cm³/mol. The van der Waals surface area contributed by atoms with E-state index >= 15 is 0 Å². The van der Waals surface area contributed by atoms with Crippen LogP contribution in [-0.2, 0) is 14.8 Å². The maximum absolute atomic E-state index is 12.8. The first-order valence-corrected chi connectivity index (χ1v) is 8.50. The third-order valence-electron chi connectivity index (χ3n) is 4.29. The van der Waals surface area contributed by atoms with E-state index in [1.165, 1.54) is 28.6 Å². The zero-order valence-corrected chi connectivity index (χ0v) is 12.6. The van der Waals surface area contributed by atoms with Crippen LogP contribution in [0.1, 0.15) is 19.3 Å². The third kappa shape index (κ3) is 2.34. The van der Waals surface area contributed by atoms with E-state index in [0.29, 0.717) is 11.4 Å². The molecule has 1 amide bonds. The quantitative estimate of drug-likeness (QED) is 0.647. The molecule has 8 heteroatoms. The number of amides is 1. The van der Waals surface area contributed by atoms with Crippen molar-refractivity contribution in [1.29, 1.82) is 0 Å². The van der Waals surface area contributed by atoms with Gasteiger partial charge in [-0.25, -0.2) is 13.9 Å². The van der Waals surface area contributed by atoms with E-state index in [1.807, 2.05) is 0 Å². The minimum atomic E-state index is -3.79. The molecule has 2 N–H and O–H groups in total. The fourth-order valence-corrected chi connectivity index (χ4v) is 5.41. The second kappa shape index (κ2) is 5.24. The molecule has 21 heavy (non-hydrogen) atoms. The van der Waals surface area contributed by atoms with Gasteiger partial charge >= 0.3 is 0 Å². The van der Waals surface area contributed by atoms with Crippen molar-refractivity contribution in [3.8, 4) is 0 Å². The highest BCUT2D eigenvalue weighted by Crippen LogP contribution is 2.45. The summed E-state index contributed by atoms with van der Waals surface area (Å²) < 4.78 is 26.8. The van der Waals surface area contributed by atoms with Crippen LogP contribution >= 0.6 is 11.6 Å². The Kier molecular flexibility index (Phi) is 3.69. The van der Waals surface area contributed by atoms with Crippen LogP contribution in [0.2, 0.25) is 5.02 Å². The number of nitrogens with zero attached hydrogens (tertiary/aromatic N) is 1. The minimum Gasteiger partial charge on any atom is -0.289 e. The number of benzene rings is 1. The molecule has 3 atom stereocenters. The van der Waals surface area contributed by atoms with Crippen LogP contribution in [0.25, 0.3) is 0 Å². The molecule has 1 aliphatic carbocycles. The monoisotopic (exact) mass is 330 g/mol. The summed E-state index contributed by atoms with van der Waals surface area (Å²) in [5.41, 5.74) is 1.59. The second-order valence-electron chi connectivity index (χ2n) is 5.44. The molecule has 1 aromatic rings. The third-order valence-corrected chi connectivity index (χ3v) is 6.49. The van der Waals surface area contributed by atoms with Crippen molar-refractivity contribution in [1.82, 2.24) is 9.79 Å². The molecule has 114 valence electrons. The molecule has 2 fully saturated rings. The van der Waals surface area contributed by atoms with Gasteiger partial charge in [-0.05, 0) is 49.4 Å². The number of hydrogen-bond acceptors (Lipinski definition) is 4. The minimum absolute atomic E-state index is 0.0378. The summed E-state index contributed by atoms with van der Waals surface area (Å²) in [6, 6.07) is 4.84. The van der Waals surface area contributed by atoms with Crippen LogP contribution in [0.15, 0.2) is 29.2 Å². The number of carbonyl (C=O) groups is 1. The summed E-state index contributed by atoms with van der Waals surface area (Å²) in [4.78, 5) is 12.0. The van der Waals surface area contributed by atoms with Crippen molar-refractivity contribution in [3.05, 3.63) is 29.3 Å². The first-order valence-electron chi connectivity index (χ1n) is 6.68. The first-order chi connectivity index (χ1) is 9.95. The zero-order valence-electron chi connectivity index (χ0n) is 11.1. The topological polar surface area (TPSA) is 86.7 Å². The molecule has 1 saturated heterocycles. The maximum Gasteiger partial charge on any atom is 0.262 e. The Morgan fingerprint density at radius 2 is 1.95 bits per heavy atom. The molecule has 2 aliphatic rings. The van der Waals surface area contributed by atoms with Gasteiger partial charge in [0, 0.05) is 11.1 Å². The molecular weight excluding hydrogens is 316 g/mol. The first kappa shape index (κ1) is 14.8. The molecule has 0 radical (unpaired) electrons. The number of hydroxylamine groups is 1. The van der Waals surface area contributed by atoms with Crippen molar-refractivity contribution in [3.63, 3.8) is 0 Å². The van der Waals surface area contributed by atoms with Gasteiger partial charge in [-0.2, -0.15) is 4.31 Å². The second-order valence-corrected chi connectivity index (χ2v) is 7.72. The van der Waals surface area contributed by atoms with Crippen molar-refractivity contribution >= 4 is 27.5 Å². The van der Waals surface area contributed by atoms with Gasteiger partial charge in [0.2, 0.25) is 10.0 Å². The Morgan fingerprint density at radius 1 is 1.29 bits per heavy atom. The lowest BCUT2D eigenvalue weighted by molar-refractivity contribution is -0.134. The highest BCUT2D eigenvalue weighted by molar-refractivity contribution is 7.89. The summed E-state index contributed by atoms with van der Waals surface area (Å²) in [5.74, 6) is -0.705. The Balaban J connectivity index is 2.00. The lowest BCUT2D eigenvalue weighted by atomic mass is 10.00. The lowest BCUT2D eigenvalue weighted by Crippen LogP contribution is -2.52. The standard InChI is InChI=1S/C13H15ClN2O4S/c14-9-2-5-11(6-3-9)21(19,20)16-10-4-1-8(7-10)12(16)13(17)15-18/h2-3,5-6,8,10,12,18H,1,4,7H2,(H,15,17)/t8?,10-,12+/m0/s1. The largest absolute Gasteiger partial charge is 0.289 e. The van der Waals surface area contributed by atoms with E-state index < -0.39 is 22.0 Å². The Bertz CT molecular complexity index is 661. The van der Waals surface area contributed by atoms with Gasteiger partial charge in [-0.3, -0.25) is 10.0 Å². The van der Waals surface area contributed by atoms with Gasteiger partial charge in [-0.15, -0.1) is 0 Å². The normalized spacial score (nSPS) is 28.8. The predicted octanol–water partition coefficient (Wildman–Crippen LogP) is 1.39. The Hall–Kier alpha value is -1.15. The van der Waals surface area contributed by atoms with Crippen LogP contribution in [0, 0.1) is 5.92 Å². The molecule has 1 saturated carbocycles. The molecule has 0 spiro atoms. The van der Waals surface area contributed by atoms with Crippen LogP contribution in [0.4, 0.5) is 0 Å². The van der Waals surface area contributed by atoms with Crippen molar-refractivity contribution in [2.45, 2.75) is 36.2 Å². The molecule has 3 rings (SSSR count). The summed E-state index contributed by atoms with van der Waals surface area (Å²) in [5, 5.41) is 9.32. The SMILES string of the molecule is O=C(NO)[C@H]1C2CC[C@@H](C2)N1S(=O)(=O)c1ccc(Cl)cc1. The Morgan fingerprint density at radius 3 is 2.57 bits per heavy atom. The number of halogens is 1. The van der Waals surface area contributed by atoms with Gasteiger partial charge in [0.1, 0.15) is 6.04 Å². The number of piperidine rings is 1. The van der Waals surface area contributed by atoms with Crippen LogP contribution in [0.3, 0.4) is 0 Å². The zero-order chi connectivity index (χ0) is 15.2. The lowest BCUT2D eigenvalue weighted by Gasteiger charge is -2.32. The average Bonchev–Trinajstić information content (AvgIpc) is 3.07. The highest BCUT2D eigenvalue weighted by Gasteiger charge is 2.54. The van der Waals surface area contributed by atoms with E-state index in [0.717, 1.165) is 12.8 Å². The number of sulfonamides is 1. The van der Waals surface area contributed by atoms with Crippen molar-refractivity contribution < 1.29 is 18.4 Å². The summed E-state index contributed by atoms with van der Waals surface area (Å²) >= 11 is 5.78. The maximum atomic E-state index is 12.8. The molecule has 6 nitrogen and oxygen atoms in total. The van der Waals surface area contributed by atoms with E-state index in [1.54, 1.807) is 5.48 Å². The molecule has 2 bridgehead atoms. The number of carbonyl (C=O) groups excluding carboxylic acids is 1. The van der Waals surface area contributed by atoms with E-state index in [4.69, 9.17) is 16.8 Å². The highest BCUT2D eigenvalue weighted by atomic mass is 35.5. The molecule has 1 aliphatic heterocycles. The fourth-order valence-electron chi connectivity index (χ4n) is 3.41. The molecule has 1 heterocycles. The van der Waals surface area contributed by atoms with Crippen molar-refractivity contribution in [2.75, 3.05) is 0 Å².